The summed E-state index contributed by atoms with van der Waals surface area (Å²) in [6, 6.07) is 16.1. The van der Waals surface area contributed by atoms with Gasteiger partial charge >= 0.3 is 6.61 Å². The zero-order valence-corrected chi connectivity index (χ0v) is 15.4. The minimum Gasteiger partial charge on any atom is -0.431 e. The average Bonchev–Trinajstić information content (AvgIpc) is 2.71. The van der Waals surface area contributed by atoms with Crippen LogP contribution in [0.3, 0.4) is 0 Å². The minimum absolute atomic E-state index is 0.131. The molecule has 0 radical (unpaired) electrons. The highest BCUT2D eigenvalue weighted by Gasteiger charge is 2.15. The van der Waals surface area contributed by atoms with E-state index >= 15 is 0 Å². The van der Waals surface area contributed by atoms with Gasteiger partial charge in [0.1, 0.15) is 0 Å². The van der Waals surface area contributed by atoms with Gasteiger partial charge in [0.05, 0.1) is 0 Å². The summed E-state index contributed by atoms with van der Waals surface area (Å²) in [6.07, 6.45) is 1.34. The summed E-state index contributed by atoms with van der Waals surface area (Å²) in [4.78, 5) is 28.8. The van der Waals surface area contributed by atoms with Crippen molar-refractivity contribution in [2.75, 3.05) is 10.6 Å². The number of carbonyl (C=O) groups excluding carboxylic acids is 2. The van der Waals surface area contributed by atoms with Crippen LogP contribution in [-0.2, 0) is 0 Å². The van der Waals surface area contributed by atoms with Gasteiger partial charge in [0.15, 0.2) is 11.6 Å². The van der Waals surface area contributed by atoms with E-state index in [1.807, 2.05) is 0 Å². The monoisotopic (exact) mass is 397 g/mol. The molecule has 148 valence electrons. The number of hydrogen-bond donors (Lipinski definition) is 2. The molecule has 3 aromatic rings. The smallest absolute Gasteiger partial charge is 0.387 e. The molecule has 3 rings (SSSR count). The van der Waals surface area contributed by atoms with Gasteiger partial charge in [-0.25, -0.2) is 4.98 Å². The normalized spacial score (nSPS) is 10.5. The maximum Gasteiger partial charge on any atom is 0.387 e. The number of benzene rings is 2. The SMILES string of the molecule is Cc1ccc(C(=O)Nc2ncccc2OC(F)F)cc1NC(=O)c1ccccc1. The molecule has 2 N–H and O–H groups in total. The summed E-state index contributed by atoms with van der Waals surface area (Å²) >= 11 is 0. The molecule has 2 amide bonds. The van der Waals surface area contributed by atoms with E-state index in [1.54, 1.807) is 49.4 Å². The number of aryl methyl sites for hydroxylation is 1. The van der Waals surface area contributed by atoms with Gasteiger partial charge in [-0.1, -0.05) is 24.3 Å². The third-order valence-electron chi connectivity index (χ3n) is 4.00. The molecule has 0 atom stereocenters. The van der Waals surface area contributed by atoms with Gasteiger partial charge in [-0.2, -0.15) is 8.78 Å². The van der Waals surface area contributed by atoms with Crippen LogP contribution < -0.4 is 15.4 Å². The second-order valence-electron chi connectivity index (χ2n) is 6.03. The Balaban J connectivity index is 1.79. The molecule has 1 heterocycles. The zero-order chi connectivity index (χ0) is 20.8. The van der Waals surface area contributed by atoms with Gasteiger partial charge in [0.2, 0.25) is 0 Å². The summed E-state index contributed by atoms with van der Waals surface area (Å²) in [5.41, 5.74) is 1.90. The molecular weight excluding hydrogens is 380 g/mol. The molecule has 0 aliphatic carbocycles. The van der Waals surface area contributed by atoms with Crippen LogP contribution in [0.5, 0.6) is 5.75 Å². The van der Waals surface area contributed by atoms with E-state index in [9.17, 15) is 18.4 Å². The second-order valence-corrected chi connectivity index (χ2v) is 6.03. The predicted molar refractivity (Wildman–Crippen MR) is 104 cm³/mol. The Morgan fingerprint density at radius 2 is 1.66 bits per heavy atom. The zero-order valence-electron chi connectivity index (χ0n) is 15.4. The second kappa shape index (κ2) is 8.92. The summed E-state index contributed by atoms with van der Waals surface area (Å²) in [6.45, 7) is -1.26. The van der Waals surface area contributed by atoms with Crippen molar-refractivity contribution < 1.29 is 23.1 Å². The number of amides is 2. The van der Waals surface area contributed by atoms with Crippen molar-refractivity contribution in [3.8, 4) is 5.75 Å². The van der Waals surface area contributed by atoms with Gasteiger partial charge in [-0.3, -0.25) is 9.59 Å². The van der Waals surface area contributed by atoms with Crippen molar-refractivity contribution in [3.05, 3.63) is 83.6 Å². The summed E-state index contributed by atoms with van der Waals surface area (Å²) in [7, 11) is 0. The predicted octanol–water partition coefficient (Wildman–Crippen LogP) is 4.50. The molecule has 2 aromatic carbocycles. The highest BCUT2D eigenvalue weighted by molar-refractivity contribution is 6.07. The van der Waals surface area contributed by atoms with Crippen LogP contribution in [0.25, 0.3) is 0 Å². The number of alkyl halides is 2. The van der Waals surface area contributed by atoms with Crippen LogP contribution in [0.4, 0.5) is 20.3 Å². The van der Waals surface area contributed by atoms with Crippen molar-refractivity contribution in [3.63, 3.8) is 0 Å². The Morgan fingerprint density at radius 1 is 0.931 bits per heavy atom. The highest BCUT2D eigenvalue weighted by atomic mass is 19.3. The molecule has 0 unspecified atom stereocenters. The lowest BCUT2D eigenvalue weighted by atomic mass is 10.1. The summed E-state index contributed by atoms with van der Waals surface area (Å²) < 4.78 is 29.4. The van der Waals surface area contributed by atoms with E-state index in [4.69, 9.17) is 0 Å². The summed E-state index contributed by atoms with van der Waals surface area (Å²) in [5, 5.41) is 5.21. The standard InChI is InChI=1S/C21H17F2N3O3/c1-13-9-10-15(12-16(13)25-19(27)14-6-3-2-4-7-14)20(28)26-18-17(29-21(22)23)8-5-11-24-18/h2-12,21H,1H3,(H,25,27)(H,24,26,28). The fraction of sp³-hybridized carbons (Fsp3) is 0.0952. The van der Waals surface area contributed by atoms with Gasteiger partial charge in [0.25, 0.3) is 11.8 Å². The quantitative estimate of drug-likeness (QED) is 0.642. The first-order valence-electron chi connectivity index (χ1n) is 8.62. The maximum atomic E-state index is 12.6. The lowest BCUT2D eigenvalue weighted by Gasteiger charge is -2.12. The molecule has 0 spiro atoms. The van der Waals surface area contributed by atoms with Crippen molar-refractivity contribution in [1.82, 2.24) is 4.98 Å². The van der Waals surface area contributed by atoms with Crippen LogP contribution in [0.2, 0.25) is 0 Å². The molecule has 0 saturated heterocycles. The van der Waals surface area contributed by atoms with Crippen LogP contribution in [0.1, 0.15) is 26.3 Å². The largest absolute Gasteiger partial charge is 0.431 e. The first-order chi connectivity index (χ1) is 13.9. The van der Waals surface area contributed by atoms with Crippen molar-refractivity contribution in [1.29, 1.82) is 0 Å². The minimum atomic E-state index is -3.05. The average molecular weight is 397 g/mol. The van der Waals surface area contributed by atoms with Crippen LogP contribution in [-0.4, -0.2) is 23.4 Å². The molecule has 29 heavy (non-hydrogen) atoms. The van der Waals surface area contributed by atoms with Crippen molar-refractivity contribution >= 4 is 23.3 Å². The highest BCUT2D eigenvalue weighted by Crippen LogP contribution is 2.24. The lowest BCUT2D eigenvalue weighted by molar-refractivity contribution is -0.0495. The molecule has 6 nitrogen and oxygen atoms in total. The Hall–Kier alpha value is -3.81. The molecule has 0 saturated carbocycles. The number of aromatic nitrogens is 1. The molecule has 0 fully saturated rings. The fourth-order valence-electron chi connectivity index (χ4n) is 2.54. The molecule has 0 aliphatic heterocycles. The Kier molecular flexibility index (Phi) is 6.13. The first-order valence-corrected chi connectivity index (χ1v) is 8.62. The van der Waals surface area contributed by atoms with Gasteiger partial charge in [-0.05, 0) is 48.9 Å². The number of rotatable bonds is 6. The van der Waals surface area contributed by atoms with Gasteiger partial charge in [0, 0.05) is 23.0 Å². The molecule has 0 aliphatic rings. The Bertz CT molecular complexity index is 1030. The number of halogens is 2. The Morgan fingerprint density at radius 3 is 2.38 bits per heavy atom. The number of pyridine rings is 1. The van der Waals surface area contributed by atoms with E-state index in [-0.39, 0.29) is 23.0 Å². The maximum absolute atomic E-state index is 12.6. The molecule has 8 heteroatoms. The third-order valence-corrected chi connectivity index (χ3v) is 4.00. The van der Waals surface area contributed by atoms with E-state index in [0.717, 1.165) is 5.56 Å². The van der Waals surface area contributed by atoms with E-state index < -0.39 is 12.5 Å². The molecule has 1 aromatic heterocycles. The topological polar surface area (TPSA) is 80.3 Å². The number of ether oxygens (including phenoxy) is 1. The number of nitrogens with one attached hydrogen (secondary N) is 2. The molecule has 0 bridgehead atoms. The van der Waals surface area contributed by atoms with Crippen molar-refractivity contribution in [2.24, 2.45) is 0 Å². The van der Waals surface area contributed by atoms with Crippen molar-refractivity contribution in [2.45, 2.75) is 13.5 Å². The van der Waals surface area contributed by atoms with Crippen LogP contribution in [0, 0.1) is 6.92 Å². The van der Waals surface area contributed by atoms with E-state index in [0.29, 0.717) is 11.3 Å². The first kappa shape index (κ1) is 19.9. The van der Waals surface area contributed by atoms with E-state index in [1.165, 1.54) is 24.4 Å². The van der Waals surface area contributed by atoms with Crippen LogP contribution >= 0.6 is 0 Å². The third kappa shape index (κ3) is 5.13. The van der Waals surface area contributed by atoms with Gasteiger partial charge < -0.3 is 15.4 Å². The Labute approximate surface area is 165 Å². The van der Waals surface area contributed by atoms with Crippen LogP contribution in [0.15, 0.2) is 66.9 Å². The van der Waals surface area contributed by atoms with Gasteiger partial charge in [-0.15, -0.1) is 0 Å². The summed E-state index contributed by atoms with van der Waals surface area (Å²) in [5.74, 6) is -1.28. The number of hydrogen-bond acceptors (Lipinski definition) is 4. The number of carbonyl (C=O) groups is 2. The number of anilines is 2. The number of nitrogens with zero attached hydrogens (tertiary/aromatic N) is 1. The van der Waals surface area contributed by atoms with E-state index in [2.05, 4.69) is 20.4 Å². The lowest BCUT2D eigenvalue weighted by Crippen LogP contribution is -2.17. The molecular formula is C21H17F2N3O3. The fourth-order valence-corrected chi connectivity index (χ4v) is 2.54.